The number of primary amides is 1. The van der Waals surface area contributed by atoms with Crippen LogP contribution in [0, 0.1) is 11.8 Å². The van der Waals surface area contributed by atoms with Crippen molar-refractivity contribution in [3.8, 4) is 11.4 Å². The highest BCUT2D eigenvalue weighted by atomic mass is 16.1. The van der Waals surface area contributed by atoms with Gasteiger partial charge in [-0.3, -0.25) is 4.79 Å². The monoisotopic (exact) mass is 313 g/mol. The number of carbonyl (C=O) groups excluding carboxylic acids is 1. The molecule has 1 aliphatic rings. The Balaban J connectivity index is 1.66. The van der Waals surface area contributed by atoms with E-state index in [-0.39, 0.29) is 0 Å². The number of amides is 1. The van der Waals surface area contributed by atoms with Gasteiger partial charge in [0, 0.05) is 11.1 Å². The van der Waals surface area contributed by atoms with Crippen LogP contribution in [0.2, 0.25) is 0 Å². The van der Waals surface area contributed by atoms with Gasteiger partial charge in [-0.05, 0) is 29.2 Å². The Hall–Kier alpha value is -2.24. The molecular weight excluding hydrogens is 290 g/mol. The van der Waals surface area contributed by atoms with Gasteiger partial charge in [-0.15, -0.1) is 10.2 Å². The zero-order chi connectivity index (χ0) is 16.2. The minimum absolute atomic E-state index is 0.436. The van der Waals surface area contributed by atoms with Gasteiger partial charge in [0.2, 0.25) is 11.7 Å². The summed E-state index contributed by atoms with van der Waals surface area (Å²) >= 11 is 0. The summed E-state index contributed by atoms with van der Waals surface area (Å²) in [5.41, 5.74) is 6.56. The third kappa shape index (κ3) is 3.75. The van der Waals surface area contributed by atoms with Crippen LogP contribution >= 0.6 is 0 Å². The van der Waals surface area contributed by atoms with E-state index in [1.165, 1.54) is 32.1 Å². The van der Waals surface area contributed by atoms with Gasteiger partial charge >= 0.3 is 0 Å². The summed E-state index contributed by atoms with van der Waals surface area (Å²) in [6.45, 7) is 3.08. The van der Waals surface area contributed by atoms with Crippen LogP contribution in [0.5, 0.6) is 0 Å². The molecule has 122 valence electrons. The van der Waals surface area contributed by atoms with Crippen LogP contribution in [0.4, 0.5) is 0 Å². The molecule has 1 amide bonds. The third-order valence-corrected chi connectivity index (χ3v) is 4.79. The van der Waals surface area contributed by atoms with Crippen LogP contribution < -0.4 is 5.73 Å². The summed E-state index contributed by atoms with van der Waals surface area (Å²) in [5, 5.41) is 12.8. The molecule has 1 atom stereocenters. The van der Waals surface area contributed by atoms with Gasteiger partial charge in [0.25, 0.3) is 0 Å². The molecule has 6 heteroatoms. The van der Waals surface area contributed by atoms with Crippen molar-refractivity contribution in [2.45, 2.75) is 45.6 Å². The maximum absolute atomic E-state index is 11.1. The molecule has 0 aliphatic heterocycles. The number of nitrogens with two attached hydrogens (primary N) is 1. The normalized spacial score (nSPS) is 17.1. The van der Waals surface area contributed by atoms with Crippen molar-refractivity contribution in [3.05, 3.63) is 29.8 Å². The standard InChI is InChI=1S/C17H23N5O/c1-12(13-5-3-2-4-6-13)11-22-20-17(19-21-22)15-9-7-14(8-10-15)16(18)23/h7-10,12-13H,2-6,11H2,1H3,(H2,18,23). The van der Waals surface area contributed by atoms with E-state index in [1.807, 2.05) is 0 Å². The molecule has 2 N–H and O–H groups in total. The molecule has 6 nitrogen and oxygen atoms in total. The number of rotatable bonds is 5. The molecule has 1 aromatic carbocycles. The van der Waals surface area contributed by atoms with E-state index in [2.05, 4.69) is 22.3 Å². The Kier molecular flexibility index (Phi) is 4.69. The largest absolute Gasteiger partial charge is 0.366 e. The number of hydrogen-bond acceptors (Lipinski definition) is 4. The second-order valence-electron chi connectivity index (χ2n) is 6.48. The van der Waals surface area contributed by atoms with Crippen LogP contribution in [0.15, 0.2) is 24.3 Å². The van der Waals surface area contributed by atoms with Crippen LogP contribution in [-0.4, -0.2) is 26.1 Å². The molecule has 2 aromatic rings. The Bertz CT molecular complexity index is 658. The summed E-state index contributed by atoms with van der Waals surface area (Å²) < 4.78 is 0. The first-order valence-corrected chi connectivity index (χ1v) is 8.31. The molecule has 1 unspecified atom stereocenters. The predicted molar refractivity (Wildman–Crippen MR) is 87.5 cm³/mol. The minimum atomic E-state index is -0.436. The van der Waals surface area contributed by atoms with Crippen molar-refractivity contribution in [1.29, 1.82) is 0 Å². The maximum Gasteiger partial charge on any atom is 0.248 e. The fourth-order valence-corrected chi connectivity index (χ4v) is 3.33. The van der Waals surface area contributed by atoms with E-state index < -0.39 is 5.91 Å². The van der Waals surface area contributed by atoms with E-state index in [0.29, 0.717) is 17.3 Å². The fraction of sp³-hybridized carbons (Fsp3) is 0.529. The van der Waals surface area contributed by atoms with Crippen LogP contribution in [-0.2, 0) is 6.54 Å². The van der Waals surface area contributed by atoms with Gasteiger partial charge < -0.3 is 5.73 Å². The molecular formula is C17H23N5O. The van der Waals surface area contributed by atoms with Gasteiger partial charge in [-0.1, -0.05) is 51.2 Å². The summed E-state index contributed by atoms with van der Waals surface area (Å²) in [7, 11) is 0. The van der Waals surface area contributed by atoms with Gasteiger partial charge in [0.05, 0.1) is 6.54 Å². The highest BCUT2D eigenvalue weighted by Crippen LogP contribution is 2.30. The van der Waals surface area contributed by atoms with Gasteiger partial charge in [-0.2, -0.15) is 4.80 Å². The number of benzene rings is 1. The number of aromatic nitrogens is 4. The van der Waals surface area contributed by atoms with E-state index in [4.69, 9.17) is 5.73 Å². The molecule has 1 heterocycles. The van der Waals surface area contributed by atoms with Gasteiger partial charge in [0.1, 0.15) is 0 Å². The summed E-state index contributed by atoms with van der Waals surface area (Å²) in [4.78, 5) is 12.8. The zero-order valence-electron chi connectivity index (χ0n) is 13.5. The van der Waals surface area contributed by atoms with Crippen molar-refractivity contribution in [2.24, 2.45) is 17.6 Å². The van der Waals surface area contributed by atoms with Crippen molar-refractivity contribution in [2.75, 3.05) is 0 Å². The van der Waals surface area contributed by atoms with Crippen molar-refractivity contribution in [1.82, 2.24) is 20.2 Å². The molecule has 0 saturated heterocycles. The highest BCUT2D eigenvalue weighted by Gasteiger charge is 2.21. The summed E-state index contributed by atoms with van der Waals surface area (Å²) in [6.07, 6.45) is 6.69. The Morgan fingerprint density at radius 3 is 2.61 bits per heavy atom. The summed E-state index contributed by atoms with van der Waals surface area (Å²) in [6, 6.07) is 6.96. The lowest BCUT2D eigenvalue weighted by Gasteiger charge is -2.26. The van der Waals surface area contributed by atoms with Crippen molar-refractivity contribution in [3.63, 3.8) is 0 Å². The molecule has 23 heavy (non-hydrogen) atoms. The van der Waals surface area contributed by atoms with E-state index >= 15 is 0 Å². The fourth-order valence-electron chi connectivity index (χ4n) is 3.33. The van der Waals surface area contributed by atoms with Crippen molar-refractivity contribution >= 4 is 5.91 Å². The Morgan fingerprint density at radius 1 is 1.26 bits per heavy atom. The molecule has 3 rings (SSSR count). The molecule has 1 fully saturated rings. The second-order valence-corrected chi connectivity index (χ2v) is 6.48. The second kappa shape index (κ2) is 6.89. The van der Waals surface area contributed by atoms with E-state index in [9.17, 15) is 4.79 Å². The first kappa shape index (κ1) is 15.6. The van der Waals surface area contributed by atoms with Crippen molar-refractivity contribution < 1.29 is 4.79 Å². The predicted octanol–water partition coefficient (Wildman–Crippen LogP) is 2.66. The van der Waals surface area contributed by atoms with Crippen LogP contribution in [0.3, 0.4) is 0 Å². The molecule has 1 aliphatic carbocycles. The topological polar surface area (TPSA) is 86.7 Å². The smallest absolute Gasteiger partial charge is 0.248 e. The number of tetrazole rings is 1. The Labute approximate surface area is 136 Å². The lowest BCUT2D eigenvalue weighted by Crippen LogP contribution is -2.21. The SMILES string of the molecule is CC(Cn1nnc(-c2ccc(C(N)=O)cc2)n1)C1CCCCC1. The molecule has 1 saturated carbocycles. The number of nitrogens with zero attached hydrogens (tertiary/aromatic N) is 4. The van der Waals surface area contributed by atoms with Gasteiger partial charge in [0.15, 0.2) is 0 Å². The summed E-state index contributed by atoms with van der Waals surface area (Å²) in [5.74, 6) is 1.48. The van der Waals surface area contributed by atoms with Crippen LogP contribution in [0.25, 0.3) is 11.4 Å². The quantitative estimate of drug-likeness (QED) is 0.919. The number of carbonyl (C=O) groups is 1. The first-order valence-electron chi connectivity index (χ1n) is 8.31. The van der Waals surface area contributed by atoms with E-state index in [1.54, 1.807) is 29.1 Å². The lowest BCUT2D eigenvalue weighted by molar-refractivity contribution is 0.100. The molecule has 1 aromatic heterocycles. The molecule has 0 radical (unpaired) electrons. The average Bonchev–Trinajstić information content (AvgIpc) is 3.04. The van der Waals surface area contributed by atoms with Crippen LogP contribution in [0.1, 0.15) is 49.4 Å². The van der Waals surface area contributed by atoms with E-state index in [0.717, 1.165) is 18.0 Å². The zero-order valence-corrected chi connectivity index (χ0v) is 13.5. The molecule has 0 spiro atoms. The first-order chi connectivity index (χ1) is 11.1. The third-order valence-electron chi connectivity index (χ3n) is 4.79. The Morgan fingerprint density at radius 2 is 1.96 bits per heavy atom. The van der Waals surface area contributed by atoms with Gasteiger partial charge in [-0.25, -0.2) is 0 Å². The lowest BCUT2D eigenvalue weighted by atomic mass is 9.81. The maximum atomic E-state index is 11.1. The number of hydrogen-bond donors (Lipinski definition) is 1. The highest BCUT2D eigenvalue weighted by molar-refractivity contribution is 5.93. The minimum Gasteiger partial charge on any atom is -0.366 e. The average molecular weight is 313 g/mol. The molecule has 0 bridgehead atoms.